The zero-order valence-corrected chi connectivity index (χ0v) is 12.1. The van der Waals surface area contributed by atoms with E-state index < -0.39 is 0 Å². The Morgan fingerprint density at radius 1 is 1.53 bits per heavy atom. The normalized spacial score (nSPS) is 21.0. The average molecular weight is 270 g/mol. The van der Waals surface area contributed by atoms with Crippen molar-refractivity contribution >= 4 is 23.4 Å². The van der Waals surface area contributed by atoms with Crippen molar-refractivity contribution in [3.8, 4) is 0 Å². The number of hydrogen-bond donors (Lipinski definition) is 1. The van der Waals surface area contributed by atoms with Gasteiger partial charge in [0.25, 0.3) is 0 Å². The van der Waals surface area contributed by atoms with E-state index in [-0.39, 0.29) is 0 Å². The topological polar surface area (TPSA) is 12.0 Å². The molecule has 1 aromatic rings. The van der Waals surface area contributed by atoms with Gasteiger partial charge < -0.3 is 5.32 Å². The highest BCUT2D eigenvalue weighted by Crippen LogP contribution is 2.37. The average Bonchev–Trinajstić information content (AvgIpc) is 2.35. The molecule has 0 saturated carbocycles. The third-order valence-corrected chi connectivity index (χ3v) is 4.78. The molecule has 0 radical (unpaired) electrons. The summed E-state index contributed by atoms with van der Waals surface area (Å²) in [5.74, 6) is 1.94. The fraction of sp³-hybridized carbons (Fsp3) is 0.571. The second-order valence-electron chi connectivity index (χ2n) is 4.79. The van der Waals surface area contributed by atoms with E-state index in [1.165, 1.54) is 29.1 Å². The highest BCUT2D eigenvalue weighted by Gasteiger charge is 2.20. The fourth-order valence-corrected chi connectivity index (χ4v) is 3.35. The van der Waals surface area contributed by atoms with Gasteiger partial charge in [-0.2, -0.15) is 0 Å². The Morgan fingerprint density at radius 3 is 3.12 bits per heavy atom. The van der Waals surface area contributed by atoms with Crippen LogP contribution in [0.2, 0.25) is 5.02 Å². The van der Waals surface area contributed by atoms with E-state index in [4.69, 9.17) is 11.6 Å². The van der Waals surface area contributed by atoms with Crippen LogP contribution < -0.4 is 5.32 Å². The lowest BCUT2D eigenvalue weighted by Crippen LogP contribution is -2.28. The summed E-state index contributed by atoms with van der Waals surface area (Å²) in [6.07, 6.45) is 2.44. The van der Waals surface area contributed by atoms with E-state index in [1.807, 2.05) is 17.8 Å². The van der Waals surface area contributed by atoms with Gasteiger partial charge in [-0.25, -0.2) is 0 Å². The molecule has 3 heteroatoms. The van der Waals surface area contributed by atoms with E-state index in [2.05, 4.69) is 31.3 Å². The van der Waals surface area contributed by atoms with Gasteiger partial charge >= 0.3 is 0 Å². The minimum absolute atomic E-state index is 0.485. The van der Waals surface area contributed by atoms with Crippen LogP contribution in [0.25, 0.3) is 0 Å². The Morgan fingerprint density at radius 2 is 2.35 bits per heavy atom. The monoisotopic (exact) mass is 269 g/mol. The smallest absolute Gasteiger partial charge is 0.0410 e. The van der Waals surface area contributed by atoms with Crippen LogP contribution in [0.5, 0.6) is 0 Å². The van der Waals surface area contributed by atoms with Gasteiger partial charge in [0.1, 0.15) is 0 Å². The maximum atomic E-state index is 6.09. The molecule has 2 unspecified atom stereocenters. The summed E-state index contributed by atoms with van der Waals surface area (Å²) in [7, 11) is 0. The number of benzene rings is 1. The molecule has 1 aromatic carbocycles. The van der Waals surface area contributed by atoms with Crippen molar-refractivity contribution in [3.05, 3.63) is 28.8 Å². The first-order valence-electron chi connectivity index (χ1n) is 6.36. The Bertz CT molecular complexity index is 380. The molecule has 1 nitrogen and oxygen atoms in total. The molecule has 0 saturated heterocycles. The maximum absolute atomic E-state index is 6.09. The molecular formula is C14H20ClNS. The minimum Gasteiger partial charge on any atom is -0.310 e. The van der Waals surface area contributed by atoms with Crippen LogP contribution >= 0.6 is 23.4 Å². The fourth-order valence-electron chi connectivity index (χ4n) is 2.07. The van der Waals surface area contributed by atoms with Crippen molar-refractivity contribution in [1.82, 2.24) is 5.32 Å². The van der Waals surface area contributed by atoms with Gasteiger partial charge in [0.2, 0.25) is 0 Å². The summed E-state index contributed by atoms with van der Waals surface area (Å²) in [5, 5.41) is 4.53. The van der Waals surface area contributed by atoms with Gasteiger partial charge in [-0.05, 0) is 48.4 Å². The van der Waals surface area contributed by atoms with Crippen LogP contribution in [-0.2, 0) is 0 Å². The van der Waals surface area contributed by atoms with Gasteiger partial charge in [0.05, 0.1) is 0 Å². The van der Waals surface area contributed by atoms with Crippen molar-refractivity contribution in [1.29, 1.82) is 0 Å². The standard InChI is InChI=1S/C14H20ClNS/c1-3-10(2)9-16-13-6-7-17-14-5-4-11(15)8-12(13)14/h4-5,8,10,13,16H,3,6-7,9H2,1-2H3. The molecule has 1 aliphatic heterocycles. The molecule has 0 aromatic heterocycles. The predicted molar refractivity (Wildman–Crippen MR) is 77.0 cm³/mol. The Balaban J connectivity index is 2.08. The number of rotatable bonds is 4. The molecule has 2 atom stereocenters. The molecule has 0 bridgehead atoms. The van der Waals surface area contributed by atoms with E-state index in [0.717, 1.165) is 17.5 Å². The van der Waals surface area contributed by atoms with Gasteiger partial charge in [0.15, 0.2) is 0 Å². The molecule has 0 aliphatic carbocycles. The quantitative estimate of drug-likeness (QED) is 0.863. The van der Waals surface area contributed by atoms with E-state index in [1.54, 1.807) is 0 Å². The molecular weight excluding hydrogens is 250 g/mol. The summed E-state index contributed by atoms with van der Waals surface area (Å²) in [6.45, 7) is 5.63. The summed E-state index contributed by atoms with van der Waals surface area (Å²) < 4.78 is 0. The zero-order valence-electron chi connectivity index (χ0n) is 10.5. The number of halogens is 1. The van der Waals surface area contributed by atoms with Crippen molar-refractivity contribution < 1.29 is 0 Å². The molecule has 1 aliphatic rings. The molecule has 94 valence electrons. The van der Waals surface area contributed by atoms with Crippen molar-refractivity contribution in [2.24, 2.45) is 5.92 Å². The lowest BCUT2D eigenvalue weighted by molar-refractivity contribution is 0.433. The molecule has 17 heavy (non-hydrogen) atoms. The first kappa shape index (κ1) is 13.3. The van der Waals surface area contributed by atoms with E-state index in [0.29, 0.717) is 6.04 Å². The van der Waals surface area contributed by atoms with E-state index >= 15 is 0 Å². The van der Waals surface area contributed by atoms with Crippen LogP contribution in [0.3, 0.4) is 0 Å². The van der Waals surface area contributed by atoms with Crippen LogP contribution in [0.15, 0.2) is 23.1 Å². The van der Waals surface area contributed by atoms with Crippen LogP contribution in [0.1, 0.15) is 38.3 Å². The molecule has 0 fully saturated rings. The second-order valence-corrected chi connectivity index (χ2v) is 6.37. The highest BCUT2D eigenvalue weighted by atomic mass is 35.5. The van der Waals surface area contributed by atoms with E-state index in [9.17, 15) is 0 Å². The number of nitrogens with one attached hydrogen (secondary N) is 1. The largest absolute Gasteiger partial charge is 0.310 e. The minimum atomic E-state index is 0.485. The third-order valence-electron chi connectivity index (χ3n) is 3.42. The first-order valence-corrected chi connectivity index (χ1v) is 7.72. The number of thioether (sulfide) groups is 1. The van der Waals surface area contributed by atoms with Crippen LogP contribution in [-0.4, -0.2) is 12.3 Å². The van der Waals surface area contributed by atoms with Crippen molar-refractivity contribution in [2.45, 2.75) is 37.6 Å². The summed E-state index contributed by atoms with van der Waals surface area (Å²) in [6, 6.07) is 6.75. The van der Waals surface area contributed by atoms with Crippen LogP contribution in [0.4, 0.5) is 0 Å². The lowest BCUT2D eigenvalue weighted by Gasteiger charge is -2.27. The lowest BCUT2D eigenvalue weighted by atomic mass is 10.0. The summed E-state index contributed by atoms with van der Waals surface area (Å²) in [4.78, 5) is 1.39. The Hall–Kier alpha value is -0.180. The summed E-state index contributed by atoms with van der Waals surface area (Å²) in [5.41, 5.74) is 1.39. The van der Waals surface area contributed by atoms with Crippen LogP contribution in [0, 0.1) is 5.92 Å². The van der Waals surface area contributed by atoms with Gasteiger partial charge in [-0.15, -0.1) is 11.8 Å². The molecule has 1 N–H and O–H groups in total. The Kier molecular flexibility index (Phi) is 4.78. The van der Waals surface area contributed by atoms with Gasteiger partial charge in [-0.1, -0.05) is 31.9 Å². The maximum Gasteiger partial charge on any atom is 0.0410 e. The van der Waals surface area contributed by atoms with Crippen molar-refractivity contribution in [2.75, 3.05) is 12.3 Å². The predicted octanol–water partition coefficient (Wildman–Crippen LogP) is 4.51. The number of fused-ring (bicyclic) bond motifs is 1. The summed E-state index contributed by atoms with van der Waals surface area (Å²) >= 11 is 8.04. The molecule has 0 amide bonds. The van der Waals surface area contributed by atoms with Gasteiger partial charge in [-0.3, -0.25) is 0 Å². The first-order chi connectivity index (χ1) is 8.20. The van der Waals surface area contributed by atoms with Crippen molar-refractivity contribution in [3.63, 3.8) is 0 Å². The van der Waals surface area contributed by atoms with Gasteiger partial charge in [0, 0.05) is 16.0 Å². The zero-order chi connectivity index (χ0) is 12.3. The molecule has 2 rings (SSSR count). The number of hydrogen-bond acceptors (Lipinski definition) is 2. The third kappa shape index (κ3) is 3.40. The highest BCUT2D eigenvalue weighted by molar-refractivity contribution is 7.99. The SMILES string of the molecule is CCC(C)CNC1CCSc2ccc(Cl)cc21. The molecule has 1 heterocycles. The Labute approximate surface area is 113 Å². The molecule has 0 spiro atoms. The second kappa shape index (κ2) is 6.12.